The third-order valence-corrected chi connectivity index (χ3v) is 9.83. The summed E-state index contributed by atoms with van der Waals surface area (Å²) in [4.78, 5) is 0. The first-order chi connectivity index (χ1) is 8.64. The fourth-order valence-electron chi connectivity index (χ4n) is 2.98. The van der Waals surface area contributed by atoms with Crippen molar-refractivity contribution in [2.45, 2.75) is 73.4 Å². The Kier molecular flexibility index (Phi) is 7.85. The highest BCUT2D eigenvalue weighted by atomic mass is 28.4. The Labute approximate surface area is 122 Å². The molecule has 1 atom stereocenters. The van der Waals surface area contributed by atoms with Crippen LogP contribution in [0.15, 0.2) is 0 Å². The fraction of sp³-hybridized carbons (Fsp3) is 1.00. The fourth-order valence-corrected chi connectivity index (χ4v) is 7.60. The molecule has 116 valence electrons. The molecule has 0 aromatic carbocycles. The van der Waals surface area contributed by atoms with Crippen molar-refractivity contribution >= 4 is 8.56 Å². The highest BCUT2D eigenvalue weighted by Crippen LogP contribution is 2.51. The third kappa shape index (κ3) is 4.57. The zero-order valence-corrected chi connectivity index (χ0v) is 15.7. The lowest BCUT2D eigenvalue weighted by Crippen LogP contribution is -2.55. The van der Waals surface area contributed by atoms with Crippen molar-refractivity contribution in [3.8, 4) is 0 Å². The van der Waals surface area contributed by atoms with Crippen LogP contribution in [0, 0.1) is 17.8 Å². The van der Waals surface area contributed by atoms with Crippen LogP contribution in [0.1, 0.15) is 62.3 Å². The molecule has 0 spiro atoms. The molecule has 0 radical (unpaired) electrons. The van der Waals surface area contributed by atoms with E-state index in [1.807, 2.05) is 0 Å². The molecule has 19 heavy (non-hydrogen) atoms. The van der Waals surface area contributed by atoms with Gasteiger partial charge < -0.3 is 8.85 Å². The van der Waals surface area contributed by atoms with Crippen LogP contribution in [-0.4, -0.2) is 21.8 Å². The molecule has 0 aliphatic heterocycles. The SMILES string of the molecule is CCO[Si](CC(C)C)(OCC)C(C)(C)C(C)C(C)C. The smallest absolute Gasteiger partial charge is 0.344 e. The number of hydrogen-bond acceptors (Lipinski definition) is 2. The summed E-state index contributed by atoms with van der Waals surface area (Å²) in [6.07, 6.45) is 0. The van der Waals surface area contributed by atoms with Gasteiger partial charge in [0.05, 0.1) is 0 Å². The molecule has 0 rings (SSSR count). The average molecular weight is 289 g/mol. The Bertz CT molecular complexity index is 243. The van der Waals surface area contributed by atoms with Gasteiger partial charge in [0.2, 0.25) is 0 Å². The summed E-state index contributed by atoms with van der Waals surface area (Å²) < 4.78 is 12.7. The molecule has 2 nitrogen and oxygen atoms in total. The van der Waals surface area contributed by atoms with E-state index in [9.17, 15) is 0 Å². The first kappa shape index (κ1) is 19.1. The zero-order valence-electron chi connectivity index (χ0n) is 14.7. The normalized spacial score (nSPS) is 15.3. The van der Waals surface area contributed by atoms with Crippen molar-refractivity contribution in [3.63, 3.8) is 0 Å². The molecular formula is C16H36O2Si. The second kappa shape index (κ2) is 7.80. The lowest BCUT2D eigenvalue weighted by molar-refractivity contribution is 0.129. The minimum absolute atomic E-state index is 0.122. The molecule has 1 unspecified atom stereocenters. The Morgan fingerprint density at radius 2 is 1.32 bits per heavy atom. The Morgan fingerprint density at radius 3 is 1.58 bits per heavy atom. The van der Waals surface area contributed by atoms with Crippen molar-refractivity contribution in [1.82, 2.24) is 0 Å². The predicted molar refractivity (Wildman–Crippen MR) is 86.7 cm³/mol. The monoisotopic (exact) mass is 288 g/mol. The summed E-state index contributed by atoms with van der Waals surface area (Å²) >= 11 is 0. The van der Waals surface area contributed by atoms with Gasteiger partial charge in [0.1, 0.15) is 0 Å². The molecule has 3 heteroatoms. The van der Waals surface area contributed by atoms with Gasteiger partial charge in [-0.05, 0) is 37.6 Å². The highest BCUT2D eigenvalue weighted by Gasteiger charge is 2.54. The van der Waals surface area contributed by atoms with E-state index < -0.39 is 8.56 Å². The first-order valence-electron chi connectivity index (χ1n) is 7.92. The van der Waals surface area contributed by atoms with Gasteiger partial charge in [0.15, 0.2) is 0 Å². The molecule has 0 bridgehead atoms. The van der Waals surface area contributed by atoms with Crippen LogP contribution < -0.4 is 0 Å². The van der Waals surface area contributed by atoms with Gasteiger partial charge in [0.25, 0.3) is 0 Å². The van der Waals surface area contributed by atoms with E-state index in [1.54, 1.807) is 0 Å². The molecule has 0 aromatic rings. The van der Waals surface area contributed by atoms with Crippen molar-refractivity contribution in [1.29, 1.82) is 0 Å². The Morgan fingerprint density at radius 1 is 0.895 bits per heavy atom. The maximum Gasteiger partial charge on any atom is 0.344 e. The van der Waals surface area contributed by atoms with E-state index in [0.717, 1.165) is 19.3 Å². The van der Waals surface area contributed by atoms with Crippen molar-refractivity contribution in [2.24, 2.45) is 17.8 Å². The van der Waals surface area contributed by atoms with Crippen LogP contribution >= 0.6 is 0 Å². The molecule has 0 saturated carbocycles. The van der Waals surface area contributed by atoms with Gasteiger partial charge in [-0.3, -0.25) is 0 Å². The van der Waals surface area contributed by atoms with E-state index in [1.165, 1.54) is 0 Å². The molecule has 0 aliphatic rings. The number of hydrogen-bond donors (Lipinski definition) is 0. The van der Waals surface area contributed by atoms with Crippen LogP contribution in [0.5, 0.6) is 0 Å². The Hall–Kier alpha value is 0.137. The second-order valence-corrected chi connectivity index (χ2v) is 10.8. The summed E-state index contributed by atoms with van der Waals surface area (Å²) in [6, 6.07) is 1.08. The molecule has 0 fully saturated rings. The quantitative estimate of drug-likeness (QED) is 0.541. The van der Waals surface area contributed by atoms with Gasteiger partial charge in [-0.15, -0.1) is 0 Å². The van der Waals surface area contributed by atoms with Crippen LogP contribution in [0.4, 0.5) is 0 Å². The van der Waals surface area contributed by atoms with Gasteiger partial charge in [-0.2, -0.15) is 0 Å². The van der Waals surface area contributed by atoms with E-state index in [0.29, 0.717) is 17.8 Å². The summed E-state index contributed by atoms with van der Waals surface area (Å²) in [6.45, 7) is 21.9. The first-order valence-corrected chi connectivity index (χ1v) is 9.94. The van der Waals surface area contributed by atoms with Gasteiger partial charge in [-0.25, -0.2) is 0 Å². The summed E-state index contributed by atoms with van der Waals surface area (Å²) in [5.41, 5.74) is 0. The second-order valence-electron chi connectivity index (χ2n) is 6.97. The molecule has 0 saturated heterocycles. The van der Waals surface area contributed by atoms with Crippen molar-refractivity contribution in [3.05, 3.63) is 0 Å². The topological polar surface area (TPSA) is 18.5 Å². The van der Waals surface area contributed by atoms with Crippen LogP contribution in [0.25, 0.3) is 0 Å². The van der Waals surface area contributed by atoms with Gasteiger partial charge in [0, 0.05) is 18.3 Å². The maximum absolute atomic E-state index is 6.33. The largest absolute Gasteiger partial charge is 0.394 e. The molecule has 0 heterocycles. The van der Waals surface area contributed by atoms with E-state index in [2.05, 4.69) is 62.3 Å². The van der Waals surface area contributed by atoms with Gasteiger partial charge in [-0.1, -0.05) is 48.5 Å². The maximum atomic E-state index is 6.33. The van der Waals surface area contributed by atoms with E-state index in [4.69, 9.17) is 8.85 Å². The zero-order chi connectivity index (χ0) is 15.3. The van der Waals surface area contributed by atoms with Crippen LogP contribution in [0.2, 0.25) is 11.1 Å². The standard InChI is InChI=1S/C16H36O2Si/c1-10-17-19(18-11-2,12-13(3)4)16(8,9)15(7)14(5)6/h13-15H,10-12H2,1-9H3. The van der Waals surface area contributed by atoms with Crippen LogP contribution in [0.3, 0.4) is 0 Å². The highest BCUT2D eigenvalue weighted by molar-refractivity contribution is 6.70. The van der Waals surface area contributed by atoms with Crippen molar-refractivity contribution < 1.29 is 8.85 Å². The average Bonchev–Trinajstić information content (AvgIpc) is 2.27. The minimum atomic E-state index is -2.21. The number of rotatable bonds is 9. The Balaban J connectivity index is 5.49. The molecule has 0 amide bonds. The molecule has 0 aliphatic carbocycles. The van der Waals surface area contributed by atoms with E-state index in [-0.39, 0.29) is 5.04 Å². The third-order valence-electron chi connectivity index (χ3n) is 4.55. The van der Waals surface area contributed by atoms with E-state index >= 15 is 0 Å². The molecule has 0 aromatic heterocycles. The predicted octanol–water partition coefficient (Wildman–Crippen LogP) is 5.23. The minimum Gasteiger partial charge on any atom is -0.394 e. The van der Waals surface area contributed by atoms with Gasteiger partial charge >= 0.3 is 8.56 Å². The summed E-state index contributed by atoms with van der Waals surface area (Å²) in [7, 11) is -2.21. The lowest BCUT2D eigenvalue weighted by atomic mass is 9.86. The van der Waals surface area contributed by atoms with Crippen LogP contribution in [-0.2, 0) is 8.85 Å². The lowest BCUT2D eigenvalue weighted by Gasteiger charge is -2.48. The molecule has 0 N–H and O–H groups in total. The van der Waals surface area contributed by atoms with Crippen molar-refractivity contribution in [2.75, 3.05) is 13.2 Å². The summed E-state index contributed by atoms with van der Waals surface area (Å²) in [5.74, 6) is 1.86. The molecular weight excluding hydrogens is 252 g/mol. The summed E-state index contributed by atoms with van der Waals surface area (Å²) in [5, 5.41) is 0.122.